The van der Waals surface area contributed by atoms with E-state index in [0.717, 1.165) is 36.3 Å². The van der Waals surface area contributed by atoms with E-state index in [1.54, 1.807) is 0 Å². The number of carbonyl (C=O) groups excluding carboxylic acids is 1. The van der Waals surface area contributed by atoms with Crippen LogP contribution in [0.4, 0.5) is 0 Å². The predicted molar refractivity (Wildman–Crippen MR) is 80.7 cm³/mol. The van der Waals surface area contributed by atoms with Gasteiger partial charge in [-0.2, -0.15) is 0 Å². The lowest BCUT2D eigenvalue weighted by atomic mass is 10.0. The molecule has 1 aliphatic carbocycles. The molecule has 4 nitrogen and oxygen atoms in total. The highest BCUT2D eigenvalue weighted by atomic mass is 16.5. The van der Waals surface area contributed by atoms with Crippen LogP contribution in [0.2, 0.25) is 0 Å². The van der Waals surface area contributed by atoms with Crippen LogP contribution in [0.5, 0.6) is 11.5 Å². The fourth-order valence-corrected chi connectivity index (χ4v) is 2.65. The third-order valence-electron chi connectivity index (χ3n) is 3.85. The Bertz CT molecular complexity index is 484. The van der Waals surface area contributed by atoms with Crippen LogP contribution in [0, 0.1) is 11.8 Å². The Balaban J connectivity index is 1.97. The molecule has 2 unspecified atom stereocenters. The largest absolute Gasteiger partial charge is 0.494 e. The SMILES string of the molecule is CCOc1ccc(OCC)c(CCC2CC2C(=O)OC)c1. The van der Waals surface area contributed by atoms with Gasteiger partial charge in [-0.15, -0.1) is 0 Å². The van der Waals surface area contributed by atoms with Crippen molar-refractivity contribution in [3.05, 3.63) is 23.8 Å². The maximum atomic E-state index is 11.4. The van der Waals surface area contributed by atoms with Crippen molar-refractivity contribution < 1.29 is 19.0 Å². The fourth-order valence-electron chi connectivity index (χ4n) is 2.65. The van der Waals surface area contributed by atoms with Crippen LogP contribution >= 0.6 is 0 Å². The number of hydrogen-bond donors (Lipinski definition) is 0. The molecule has 1 saturated carbocycles. The summed E-state index contributed by atoms with van der Waals surface area (Å²) in [7, 11) is 1.45. The molecule has 0 heterocycles. The van der Waals surface area contributed by atoms with Gasteiger partial charge in [-0.05, 0) is 62.8 Å². The van der Waals surface area contributed by atoms with Crippen LogP contribution in [0.3, 0.4) is 0 Å². The van der Waals surface area contributed by atoms with Crippen LogP contribution in [0.25, 0.3) is 0 Å². The molecular weight excluding hydrogens is 268 g/mol. The average molecular weight is 292 g/mol. The van der Waals surface area contributed by atoms with Crippen molar-refractivity contribution >= 4 is 5.97 Å². The quantitative estimate of drug-likeness (QED) is 0.690. The van der Waals surface area contributed by atoms with Crippen molar-refractivity contribution in [2.45, 2.75) is 33.1 Å². The Labute approximate surface area is 126 Å². The van der Waals surface area contributed by atoms with Crippen molar-refractivity contribution in [2.24, 2.45) is 11.8 Å². The summed E-state index contributed by atoms with van der Waals surface area (Å²) in [6.07, 6.45) is 2.83. The van der Waals surface area contributed by atoms with Crippen LogP contribution in [-0.2, 0) is 16.0 Å². The molecular formula is C17H24O4. The zero-order valence-electron chi connectivity index (χ0n) is 13.1. The second kappa shape index (κ2) is 7.34. The summed E-state index contributed by atoms with van der Waals surface area (Å²) in [6.45, 7) is 5.26. The maximum absolute atomic E-state index is 11.4. The van der Waals surface area contributed by atoms with E-state index in [9.17, 15) is 4.79 Å². The highest BCUT2D eigenvalue weighted by Gasteiger charge is 2.43. The zero-order valence-corrected chi connectivity index (χ0v) is 13.1. The molecule has 116 valence electrons. The summed E-state index contributed by atoms with van der Waals surface area (Å²) in [5, 5.41) is 0. The van der Waals surface area contributed by atoms with Gasteiger partial charge in [0.1, 0.15) is 11.5 Å². The second-order valence-electron chi connectivity index (χ2n) is 5.30. The number of aryl methyl sites for hydroxylation is 1. The molecule has 0 aromatic heterocycles. The van der Waals surface area contributed by atoms with Gasteiger partial charge in [0.25, 0.3) is 0 Å². The molecule has 2 rings (SSSR count). The van der Waals surface area contributed by atoms with Crippen LogP contribution in [0.15, 0.2) is 18.2 Å². The van der Waals surface area contributed by atoms with Gasteiger partial charge in [-0.25, -0.2) is 0 Å². The molecule has 0 aliphatic heterocycles. The molecule has 1 aromatic carbocycles. The first-order valence-corrected chi connectivity index (χ1v) is 7.65. The maximum Gasteiger partial charge on any atom is 0.308 e. The summed E-state index contributed by atoms with van der Waals surface area (Å²) in [5.74, 6) is 2.25. The van der Waals surface area contributed by atoms with Gasteiger partial charge in [0.05, 0.1) is 26.2 Å². The molecule has 4 heteroatoms. The molecule has 0 amide bonds. The average Bonchev–Trinajstić information content (AvgIpc) is 3.26. The van der Waals surface area contributed by atoms with E-state index in [2.05, 4.69) is 0 Å². The highest BCUT2D eigenvalue weighted by Crippen LogP contribution is 2.43. The van der Waals surface area contributed by atoms with Gasteiger partial charge in [0.15, 0.2) is 0 Å². The number of methoxy groups -OCH3 is 1. The summed E-state index contributed by atoms with van der Waals surface area (Å²) in [5.41, 5.74) is 1.15. The van der Waals surface area contributed by atoms with E-state index in [-0.39, 0.29) is 11.9 Å². The standard InChI is InChI=1S/C17H24O4/c1-4-20-14-8-9-16(21-5-2)13(10-14)7-6-12-11-15(12)17(18)19-3/h8-10,12,15H,4-7,11H2,1-3H3. The summed E-state index contributed by atoms with van der Waals surface area (Å²) < 4.78 is 16.0. The molecule has 1 aliphatic rings. The number of carbonyl (C=O) groups is 1. The minimum atomic E-state index is -0.0758. The first-order chi connectivity index (χ1) is 10.2. The minimum Gasteiger partial charge on any atom is -0.494 e. The van der Waals surface area contributed by atoms with E-state index in [1.165, 1.54) is 7.11 Å². The zero-order chi connectivity index (χ0) is 15.2. The molecule has 0 radical (unpaired) electrons. The summed E-state index contributed by atoms with van der Waals surface area (Å²) >= 11 is 0. The first-order valence-electron chi connectivity index (χ1n) is 7.65. The molecule has 0 spiro atoms. The number of benzene rings is 1. The van der Waals surface area contributed by atoms with Crippen LogP contribution in [0.1, 0.15) is 32.3 Å². The molecule has 0 saturated heterocycles. The summed E-state index contributed by atoms with van der Waals surface area (Å²) in [4.78, 5) is 11.4. The van der Waals surface area contributed by atoms with Gasteiger partial charge in [0, 0.05) is 0 Å². The van der Waals surface area contributed by atoms with Crippen molar-refractivity contribution in [1.82, 2.24) is 0 Å². The van der Waals surface area contributed by atoms with Gasteiger partial charge in [-0.1, -0.05) is 0 Å². The van der Waals surface area contributed by atoms with Gasteiger partial charge >= 0.3 is 5.97 Å². The Hall–Kier alpha value is -1.71. The monoisotopic (exact) mass is 292 g/mol. The third-order valence-corrected chi connectivity index (χ3v) is 3.85. The lowest BCUT2D eigenvalue weighted by Crippen LogP contribution is -2.05. The van der Waals surface area contributed by atoms with Crippen molar-refractivity contribution in [3.63, 3.8) is 0 Å². The minimum absolute atomic E-state index is 0.0758. The molecule has 1 aromatic rings. The van der Waals surface area contributed by atoms with Crippen LogP contribution < -0.4 is 9.47 Å². The predicted octanol–water partition coefficient (Wildman–Crippen LogP) is 3.23. The molecule has 1 fully saturated rings. The smallest absolute Gasteiger partial charge is 0.308 e. The van der Waals surface area contributed by atoms with E-state index < -0.39 is 0 Å². The van der Waals surface area contributed by atoms with Gasteiger partial charge < -0.3 is 14.2 Å². The lowest BCUT2D eigenvalue weighted by Gasteiger charge is -2.12. The van der Waals surface area contributed by atoms with E-state index in [4.69, 9.17) is 14.2 Å². The summed E-state index contributed by atoms with van der Waals surface area (Å²) in [6, 6.07) is 5.95. The Morgan fingerprint density at radius 1 is 1.24 bits per heavy atom. The normalized spacial score (nSPS) is 20.0. The fraction of sp³-hybridized carbons (Fsp3) is 0.588. The van der Waals surface area contributed by atoms with E-state index >= 15 is 0 Å². The van der Waals surface area contributed by atoms with E-state index in [0.29, 0.717) is 19.1 Å². The van der Waals surface area contributed by atoms with Gasteiger partial charge in [0.2, 0.25) is 0 Å². The Morgan fingerprint density at radius 3 is 2.67 bits per heavy atom. The second-order valence-corrected chi connectivity index (χ2v) is 5.30. The molecule has 0 N–H and O–H groups in total. The lowest BCUT2D eigenvalue weighted by molar-refractivity contribution is -0.142. The molecule has 21 heavy (non-hydrogen) atoms. The van der Waals surface area contributed by atoms with Crippen LogP contribution in [-0.4, -0.2) is 26.3 Å². The number of ether oxygens (including phenoxy) is 3. The third kappa shape index (κ3) is 4.13. The molecule has 0 bridgehead atoms. The Kier molecular flexibility index (Phi) is 5.48. The topological polar surface area (TPSA) is 44.8 Å². The number of hydrogen-bond acceptors (Lipinski definition) is 4. The number of esters is 1. The first kappa shape index (κ1) is 15.7. The van der Waals surface area contributed by atoms with Crippen molar-refractivity contribution in [2.75, 3.05) is 20.3 Å². The van der Waals surface area contributed by atoms with Crippen molar-refractivity contribution in [1.29, 1.82) is 0 Å². The Morgan fingerprint density at radius 2 is 2.00 bits per heavy atom. The number of rotatable bonds is 8. The van der Waals surface area contributed by atoms with Crippen molar-refractivity contribution in [3.8, 4) is 11.5 Å². The van der Waals surface area contributed by atoms with E-state index in [1.807, 2.05) is 32.0 Å². The molecule has 2 atom stereocenters. The highest BCUT2D eigenvalue weighted by molar-refractivity contribution is 5.75. The van der Waals surface area contributed by atoms with Gasteiger partial charge in [-0.3, -0.25) is 4.79 Å².